The van der Waals surface area contributed by atoms with Gasteiger partial charge < -0.3 is 0 Å². The predicted octanol–water partition coefficient (Wildman–Crippen LogP) is 0.890. The maximum absolute atomic E-state index is 10.7. The zero-order valence-corrected chi connectivity index (χ0v) is 3.80. The zero-order chi connectivity index (χ0) is 4.50. The second-order valence-electron chi connectivity index (χ2n) is 0.542. The van der Waals surface area contributed by atoms with E-state index in [0.717, 1.165) is 0 Å². The number of hydrogen-bond donors (Lipinski definition) is 1. The van der Waals surface area contributed by atoms with Crippen molar-refractivity contribution < 1.29 is 8.78 Å². The molecule has 0 atom stereocenters. The Labute approximate surface area is 36.3 Å². The lowest BCUT2D eigenvalue weighted by molar-refractivity contribution is 0.123. The molecule has 0 spiro atoms. The van der Waals surface area contributed by atoms with Gasteiger partial charge in [-0.2, -0.15) is 8.78 Å². The monoisotopic (exact) mass is 145 g/mol. The van der Waals surface area contributed by atoms with Crippen molar-refractivity contribution in [2.45, 2.75) is 4.96 Å². The molecule has 0 aliphatic rings. The first-order chi connectivity index (χ1) is 2.00. The molecule has 0 aromatic rings. The Morgan fingerprint density at radius 1 is 1.60 bits per heavy atom. The van der Waals surface area contributed by atoms with Gasteiger partial charge in [0.25, 0.3) is 0 Å². The second kappa shape index (κ2) is 1.18. The fraction of sp³-hybridized carbons (Fsp3) is 1.00. The summed E-state index contributed by atoms with van der Waals surface area (Å²) in [5, 5.41) is 0. The van der Waals surface area contributed by atoms with Crippen molar-refractivity contribution in [2.24, 2.45) is 5.73 Å². The van der Waals surface area contributed by atoms with Crippen LogP contribution in [0.25, 0.3) is 0 Å². The molecule has 0 aliphatic carbocycles. The van der Waals surface area contributed by atoms with E-state index in [1.807, 2.05) is 15.9 Å². The SMILES string of the molecule is NC(F)(F)Br. The molecule has 0 amide bonds. The van der Waals surface area contributed by atoms with E-state index in [0.29, 0.717) is 0 Å². The van der Waals surface area contributed by atoms with Gasteiger partial charge in [0.1, 0.15) is 0 Å². The number of rotatable bonds is 0. The Hall–Kier alpha value is 0.300. The molecule has 32 valence electrons. The number of hydrogen-bond acceptors (Lipinski definition) is 1. The second-order valence-corrected chi connectivity index (χ2v) is 1.60. The third-order valence-corrected chi connectivity index (χ3v) is 0. The highest BCUT2D eigenvalue weighted by Gasteiger charge is 2.12. The Bertz CT molecular complexity index is 25.1. The number of halogens is 3. The average Bonchev–Trinajstić information content (AvgIpc) is 0.722. The summed E-state index contributed by atoms with van der Waals surface area (Å²) in [5.74, 6) is 0. The van der Waals surface area contributed by atoms with Crippen LogP contribution in [0.15, 0.2) is 0 Å². The minimum absolute atomic E-state index is 1.82. The standard InChI is InChI=1S/CH2BrF2N/c2-1(3,4)5/h5H2. The summed E-state index contributed by atoms with van der Waals surface area (Å²) >= 11 is 1.82. The molecule has 0 saturated heterocycles. The van der Waals surface area contributed by atoms with Crippen LogP contribution < -0.4 is 5.73 Å². The minimum atomic E-state index is -3.19. The van der Waals surface area contributed by atoms with Crippen molar-refractivity contribution in [3.63, 3.8) is 0 Å². The summed E-state index contributed by atoms with van der Waals surface area (Å²) < 4.78 is 21.4. The molecule has 0 rings (SSSR count). The van der Waals surface area contributed by atoms with Gasteiger partial charge in [0.05, 0.1) is 0 Å². The molecule has 0 aliphatic heterocycles. The van der Waals surface area contributed by atoms with Gasteiger partial charge in [-0.15, -0.1) is 0 Å². The maximum Gasteiger partial charge on any atom is 0.357 e. The average molecular weight is 146 g/mol. The molecule has 0 unspecified atom stereocenters. The largest absolute Gasteiger partial charge is 0.357 e. The molecule has 0 saturated carbocycles. The van der Waals surface area contributed by atoms with E-state index in [1.165, 1.54) is 0 Å². The summed E-state index contributed by atoms with van der Waals surface area (Å²) in [4.78, 5) is -3.19. The van der Waals surface area contributed by atoms with Crippen molar-refractivity contribution in [1.29, 1.82) is 0 Å². The Morgan fingerprint density at radius 2 is 1.60 bits per heavy atom. The molecule has 1 nitrogen and oxygen atoms in total. The van der Waals surface area contributed by atoms with Crippen LogP contribution in [0.4, 0.5) is 8.78 Å². The minimum Gasteiger partial charge on any atom is -0.262 e. The molecule has 0 aromatic heterocycles. The van der Waals surface area contributed by atoms with E-state index in [1.54, 1.807) is 0 Å². The van der Waals surface area contributed by atoms with Crippen molar-refractivity contribution in [3.8, 4) is 0 Å². The van der Waals surface area contributed by atoms with E-state index < -0.39 is 4.96 Å². The van der Waals surface area contributed by atoms with Gasteiger partial charge in [-0.1, -0.05) is 0 Å². The van der Waals surface area contributed by atoms with Gasteiger partial charge in [-0.05, 0) is 0 Å². The normalized spacial score (nSPS) is 12.0. The quantitative estimate of drug-likeness (QED) is 0.398. The molecule has 0 bridgehead atoms. The Kier molecular flexibility index (Phi) is 1.25. The highest BCUT2D eigenvalue weighted by atomic mass is 79.9. The summed E-state index contributed by atoms with van der Waals surface area (Å²) in [6.45, 7) is 0. The van der Waals surface area contributed by atoms with Gasteiger partial charge in [0.15, 0.2) is 0 Å². The first-order valence-electron chi connectivity index (χ1n) is 0.856. The molecular formula is CH2BrF2N. The van der Waals surface area contributed by atoms with Crippen LogP contribution in [0.3, 0.4) is 0 Å². The topological polar surface area (TPSA) is 26.0 Å². The lowest BCUT2D eigenvalue weighted by Crippen LogP contribution is -2.17. The van der Waals surface area contributed by atoms with Crippen molar-refractivity contribution in [3.05, 3.63) is 0 Å². The molecular weight excluding hydrogens is 144 g/mol. The fourth-order valence-electron chi connectivity index (χ4n) is 0. The van der Waals surface area contributed by atoms with E-state index >= 15 is 0 Å². The van der Waals surface area contributed by atoms with Crippen LogP contribution in [0.2, 0.25) is 0 Å². The first kappa shape index (κ1) is 5.30. The number of nitrogens with two attached hydrogens (primary N) is 1. The van der Waals surface area contributed by atoms with E-state index in [-0.39, 0.29) is 0 Å². The first-order valence-corrected chi connectivity index (χ1v) is 1.65. The van der Waals surface area contributed by atoms with Crippen LogP contribution in [-0.2, 0) is 0 Å². The van der Waals surface area contributed by atoms with Gasteiger partial charge in [-0.3, -0.25) is 5.73 Å². The lowest BCUT2D eigenvalue weighted by Gasteiger charge is -1.91. The molecule has 5 heavy (non-hydrogen) atoms. The Balaban J connectivity index is 3.02. The fourth-order valence-corrected chi connectivity index (χ4v) is 0. The van der Waals surface area contributed by atoms with Crippen LogP contribution >= 0.6 is 15.9 Å². The highest BCUT2D eigenvalue weighted by Crippen LogP contribution is 2.10. The number of alkyl halides is 3. The van der Waals surface area contributed by atoms with Gasteiger partial charge in [0.2, 0.25) is 0 Å². The smallest absolute Gasteiger partial charge is 0.262 e. The summed E-state index contributed by atoms with van der Waals surface area (Å²) in [7, 11) is 0. The summed E-state index contributed by atoms with van der Waals surface area (Å²) in [6.07, 6.45) is 0. The van der Waals surface area contributed by atoms with Crippen LogP contribution in [0.5, 0.6) is 0 Å². The molecule has 0 heterocycles. The van der Waals surface area contributed by atoms with Gasteiger partial charge in [-0.25, -0.2) is 0 Å². The molecule has 0 radical (unpaired) electrons. The van der Waals surface area contributed by atoms with Crippen LogP contribution in [0, 0.1) is 0 Å². The van der Waals surface area contributed by atoms with E-state index in [4.69, 9.17) is 0 Å². The van der Waals surface area contributed by atoms with Gasteiger partial charge >= 0.3 is 4.96 Å². The van der Waals surface area contributed by atoms with Crippen LogP contribution in [0.1, 0.15) is 0 Å². The highest BCUT2D eigenvalue weighted by molar-refractivity contribution is 9.09. The molecule has 4 heteroatoms. The van der Waals surface area contributed by atoms with Crippen molar-refractivity contribution in [1.82, 2.24) is 0 Å². The third-order valence-electron chi connectivity index (χ3n) is 0. The zero-order valence-electron chi connectivity index (χ0n) is 2.21. The molecule has 0 fully saturated rings. The van der Waals surface area contributed by atoms with E-state index in [9.17, 15) is 8.78 Å². The predicted molar refractivity (Wildman–Crippen MR) is 18.1 cm³/mol. The molecule has 2 N–H and O–H groups in total. The Morgan fingerprint density at radius 3 is 1.60 bits per heavy atom. The summed E-state index contributed by atoms with van der Waals surface area (Å²) in [6, 6.07) is 0. The van der Waals surface area contributed by atoms with Crippen molar-refractivity contribution >= 4 is 15.9 Å². The third kappa shape index (κ3) is 253. The molecule has 0 aromatic carbocycles. The van der Waals surface area contributed by atoms with Crippen LogP contribution in [-0.4, -0.2) is 4.96 Å². The van der Waals surface area contributed by atoms with Crippen molar-refractivity contribution in [2.75, 3.05) is 0 Å². The van der Waals surface area contributed by atoms with Gasteiger partial charge in [0, 0.05) is 15.9 Å². The maximum atomic E-state index is 10.7. The lowest BCUT2D eigenvalue weighted by atomic mass is 11.4. The van der Waals surface area contributed by atoms with E-state index in [2.05, 4.69) is 5.73 Å². The summed E-state index contributed by atoms with van der Waals surface area (Å²) in [5.41, 5.74) is 3.94.